The van der Waals surface area contributed by atoms with E-state index in [-0.39, 0.29) is 11.7 Å². The standard InChI is InChI=1S/C11H25NO2/c1-5-11(3,7-8-12)14-9-6-10(2)13-4/h10H,5-9,12H2,1-4H3. The van der Waals surface area contributed by atoms with Crippen LogP contribution in [0.25, 0.3) is 0 Å². The fourth-order valence-corrected chi connectivity index (χ4v) is 1.25. The molecule has 14 heavy (non-hydrogen) atoms. The highest BCUT2D eigenvalue weighted by Crippen LogP contribution is 2.19. The zero-order valence-electron chi connectivity index (χ0n) is 10.0. The summed E-state index contributed by atoms with van der Waals surface area (Å²) >= 11 is 0. The normalized spacial score (nSPS) is 17.8. The predicted molar refractivity (Wildman–Crippen MR) is 59.4 cm³/mol. The SMILES string of the molecule is CCC(C)(CCN)OCCC(C)OC. The fraction of sp³-hybridized carbons (Fsp3) is 1.00. The zero-order chi connectivity index (χ0) is 11.0. The molecule has 0 aliphatic carbocycles. The lowest BCUT2D eigenvalue weighted by atomic mass is 9.99. The number of ether oxygens (including phenoxy) is 2. The smallest absolute Gasteiger partial charge is 0.0663 e. The quantitative estimate of drug-likeness (QED) is 0.655. The van der Waals surface area contributed by atoms with Crippen molar-refractivity contribution in [1.82, 2.24) is 0 Å². The van der Waals surface area contributed by atoms with Crippen molar-refractivity contribution in [2.45, 2.75) is 51.7 Å². The first-order chi connectivity index (χ1) is 6.58. The summed E-state index contributed by atoms with van der Waals surface area (Å²) in [7, 11) is 1.73. The van der Waals surface area contributed by atoms with E-state index in [1.807, 2.05) is 0 Å². The molecule has 0 radical (unpaired) electrons. The second kappa shape index (κ2) is 7.21. The summed E-state index contributed by atoms with van der Waals surface area (Å²) in [6.07, 6.45) is 3.14. The van der Waals surface area contributed by atoms with Gasteiger partial charge in [-0.25, -0.2) is 0 Å². The second-order valence-electron chi connectivity index (χ2n) is 4.03. The van der Waals surface area contributed by atoms with E-state index < -0.39 is 0 Å². The molecule has 2 N–H and O–H groups in total. The van der Waals surface area contributed by atoms with E-state index in [9.17, 15) is 0 Å². The molecule has 0 saturated heterocycles. The van der Waals surface area contributed by atoms with Gasteiger partial charge in [0.1, 0.15) is 0 Å². The Morgan fingerprint density at radius 3 is 2.50 bits per heavy atom. The molecule has 0 amide bonds. The van der Waals surface area contributed by atoms with Crippen molar-refractivity contribution in [3.63, 3.8) is 0 Å². The van der Waals surface area contributed by atoms with E-state index in [4.69, 9.17) is 15.2 Å². The van der Waals surface area contributed by atoms with Crippen molar-refractivity contribution in [2.75, 3.05) is 20.3 Å². The molecule has 0 aromatic heterocycles. The molecular formula is C11H25NO2. The van der Waals surface area contributed by atoms with Crippen molar-refractivity contribution in [2.24, 2.45) is 5.73 Å². The van der Waals surface area contributed by atoms with Gasteiger partial charge in [0.25, 0.3) is 0 Å². The Bertz CT molecular complexity index is 141. The molecule has 2 atom stereocenters. The summed E-state index contributed by atoms with van der Waals surface area (Å²) in [5.41, 5.74) is 5.49. The Morgan fingerprint density at radius 2 is 2.07 bits per heavy atom. The van der Waals surface area contributed by atoms with Crippen LogP contribution in [0.5, 0.6) is 0 Å². The predicted octanol–water partition coefficient (Wildman–Crippen LogP) is 1.95. The van der Waals surface area contributed by atoms with Gasteiger partial charge in [-0.2, -0.15) is 0 Å². The van der Waals surface area contributed by atoms with Gasteiger partial charge in [0.05, 0.1) is 11.7 Å². The monoisotopic (exact) mass is 203 g/mol. The Labute approximate surface area is 88.0 Å². The van der Waals surface area contributed by atoms with Gasteiger partial charge in [-0.05, 0) is 39.7 Å². The van der Waals surface area contributed by atoms with Gasteiger partial charge >= 0.3 is 0 Å². The van der Waals surface area contributed by atoms with Crippen molar-refractivity contribution in [1.29, 1.82) is 0 Å². The summed E-state index contributed by atoms with van der Waals surface area (Å²) in [5.74, 6) is 0. The molecule has 0 aliphatic heterocycles. The summed E-state index contributed by atoms with van der Waals surface area (Å²) in [6.45, 7) is 7.74. The molecular weight excluding hydrogens is 178 g/mol. The zero-order valence-corrected chi connectivity index (χ0v) is 10.0. The fourth-order valence-electron chi connectivity index (χ4n) is 1.25. The Kier molecular flexibility index (Phi) is 7.15. The third-order valence-corrected chi connectivity index (χ3v) is 2.80. The minimum Gasteiger partial charge on any atom is -0.382 e. The van der Waals surface area contributed by atoms with Gasteiger partial charge < -0.3 is 15.2 Å². The summed E-state index contributed by atoms with van der Waals surface area (Å²) in [4.78, 5) is 0. The summed E-state index contributed by atoms with van der Waals surface area (Å²) in [6, 6.07) is 0. The van der Waals surface area contributed by atoms with E-state index in [2.05, 4.69) is 20.8 Å². The van der Waals surface area contributed by atoms with Crippen LogP contribution in [0.2, 0.25) is 0 Å². The number of hydrogen-bond donors (Lipinski definition) is 1. The van der Waals surface area contributed by atoms with Crippen molar-refractivity contribution < 1.29 is 9.47 Å². The highest BCUT2D eigenvalue weighted by Gasteiger charge is 2.21. The van der Waals surface area contributed by atoms with Crippen LogP contribution in [0, 0.1) is 0 Å². The van der Waals surface area contributed by atoms with Gasteiger partial charge in [-0.3, -0.25) is 0 Å². The van der Waals surface area contributed by atoms with Crippen molar-refractivity contribution in [3.8, 4) is 0 Å². The van der Waals surface area contributed by atoms with E-state index in [0.29, 0.717) is 6.54 Å². The molecule has 0 rings (SSSR count). The highest BCUT2D eigenvalue weighted by atomic mass is 16.5. The molecule has 0 heterocycles. The number of hydrogen-bond acceptors (Lipinski definition) is 3. The maximum Gasteiger partial charge on any atom is 0.0663 e. The van der Waals surface area contributed by atoms with Crippen LogP contribution in [0.1, 0.15) is 40.0 Å². The van der Waals surface area contributed by atoms with E-state index in [1.165, 1.54) is 0 Å². The molecule has 3 nitrogen and oxygen atoms in total. The third-order valence-electron chi connectivity index (χ3n) is 2.80. The summed E-state index contributed by atoms with van der Waals surface area (Å²) < 4.78 is 11.0. The molecule has 0 spiro atoms. The lowest BCUT2D eigenvalue weighted by Gasteiger charge is -2.28. The molecule has 0 fully saturated rings. The van der Waals surface area contributed by atoms with Crippen LogP contribution >= 0.6 is 0 Å². The number of methoxy groups -OCH3 is 1. The van der Waals surface area contributed by atoms with Crippen molar-refractivity contribution >= 4 is 0 Å². The van der Waals surface area contributed by atoms with Crippen LogP contribution in [0.4, 0.5) is 0 Å². The van der Waals surface area contributed by atoms with Gasteiger partial charge in [0.2, 0.25) is 0 Å². The minimum absolute atomic E-state index is 0.0534. The lowest BCUT2D eigenvalue weighted by Crippen LogP contribution is -2.32. The Morgan fingerprint density at radius 1 is 1.43 bits per heavy atom. The highest BCUT2D eigenvalue weighted by molar-refractivity contribution is 4.73. The molecule has 0 saturated carbocycles. The Hall–Kier alpha value is -0.120. The van der Waals surface area contributed by atoms with Gasteiger partial charge in [-0.15, -0.1) is 0 Å². The lowest BCUT2D eigenvalue weighted by molar-refractivity contribution is -0.0516. The van der Waals surface area contributed by atoms with Gasteiger partial charge in [0, 0.05) is 13.7 Å². The average Bonchev–Trinajstić information content (AvgIpc) is 2.18. The maximum absolute atomic E-state index is 5.83. The van der Waals surface area contributed by atoms with Crippen LogP contribution < -0.4 is 5.73 Å². The molecule has 0 bridgehead atoms. The van der Waals surface area contributed by atoms with Crippen LogP contribution in [0.3, 0.4) is 0 Å². The molecule has 2 unspecified atom stereocenters. The van der Waals surface area contributed by atoms with Gasteiger partial charge in [0.15, 0.2) is 0 Å². The topological polar surface area (TPSA) is 44.5 Å². The van der Waals surface area contributed by atoms with E-state index in [1.54, 1.807) is 7.11 Å². The number of rotatable bonds is 8. The Balaban J connectivity index is 3.72. The largest absolute Gasteiger partial charge is 0.382 e. The first-order valence-corrected chi connectivity index (χ1v) is 5.44. The molecule has 0 aromatic carbocycles. The van der Waals surface area contributed by atoms with Crippen LogP contribution in [-0.4, -0.2) is 32.0 Å². The molecule has 0 aromatic rings. The maximum atomic E-state index is 5.83. The molecule has 0 aliphatic rings. The number of nitrogens with two attached hydrogens (primary N) is 1. The first-order valence-electron chi connectivity index (χ1n) is 5.44. The first kappa shape index (κ1) is 13.9. The second-order valence-corrected chi connectivity index (χ2v) is 4.03. The van der Waals surface area contributed by atoms with Gasteiger partial charge in [-0.1, -0.05) is 6.92 Å². The van der Waals surface area contributed by atoms with Crippen LogP contribution in [0.15, 0.2) is 0 Å². The third kappa shape index (κ3) is 5.58. The minimum atomic E-state index is -0.0534. The summed E-state index contributed by atoms with van der Waals surface area (Å²) in [5, 5.41) is 0. The van der Waals surface area contributed by atoms with E-state index >= 15 is 0 Å². The molecule has 3 heteroatoms. The molecule has 86 valence electrons. The average molecular weight is 203 g/mol. The van der Waals surface area contributed by atoms with E-state index in [0.717, 1.165) is 25.9 Å². The van der Waals surface area contributed by atoms with Crippen molar-refractivity contribution in [3.05, 3.63) is 0 Å². The van der Waals surface area contributed by atoms with Crippen LogP contribution in [-0.2, 0) is 9.47 Å².